The number of aryl methyl sites for hydroxylation is 9. The molecule has 4 radical (unpaired) electrons. The fourth-order valence-corrected chi connectivity index (χ4v) is 20.7. The average molecular weight is 2740 g/mol. The maximum atomic E-state index is 12.0. The Hall–Kier alpha value is -9.16. The van der Waals surface area contributed by atoms with Crippen LogP contribution in [0, 0.1) is 131 Å². The second-order valence-electron chi connectivity index (χ2n) is 45.4. The molecule has 16 rings (SSSR count). The van der Waals surface area contributed by atoms with E-state index in [1.165, 1.54) is 169 Å². The van der Waals surface area contributed by atoms with Crippen molar-refractivity contribution in [1.29, 1.82) is 0 Å². The average Bonchev–Trinajstić information content (AvgIpc) is 0.804. The van der Waals surface area contributed by atoms with Crippen molar-refractivity contribution in [2.24, 2.45) is 51.8 Å². The molecular formula is C134H172Ir4N4O8-4. The first-order valence-electron chi connectivity index (χ1n) is 54.7. The van der Waals surface area contributed by atoms with Gasteiger partial charge in [-0.3, -0.25) is 39.1 Å². The number of rotatable bonds is 23. The number of aromatic nitrogens is 4. The maximum Gasteiger partial charge on any atom is 0.162 e. The van der Waals surface area contributed by atoms with Gasteiger partial charge in [0.05, 0.1) is 45.1 Å². The molecule has 0 atom stereocenters. The maximum absolute atomic E-state index is 12.0. The number of allylic oxidation sites excluding steroid dienone is 8. The number of carbonyl (C=O) groups is 4. The first kappa shape index (κ1) is 131. The molecule has 4 fully saturated rings. The molecule has 0 spiro atoms. The standard InChI is InChI=1S/3C22H24N.C20H20N.2C15H24O2.C13H24O2.C5H8O2.4Ir/c3*1-15-11-16(2)13-18(12-15)20-10-9-19-17(14-22(3,4)5)7-6-8-21(19)23-20;1-4-7-16-13-20(17-11-14(2)10-15(3)12-17)21-19-9-6-5-8-18(16)19;2*16-14(12-7-3-1-4-8-12)11-15(17)13-9-5-2-6-10-13;1-5-10(6-2)12(14)9-13(15)11(7-3)8-4;1-4(6)3-5(2)7;;;;/h3*6-12H,14H2,1-5H3;5-6,8-11,13H,4,7H2,1-3H3;2*11-13,16H,1-10H2;9-11,14H,5-8H2,1-4H3;3,6H,1-2H3;;;;/q4*-1;;;;;;;;. The summed E-state index contributed by atoms with van der Waals surface area (Å²) >= 11 is 0. The Morgan fingerprint density at radius 2 is 0.607 bits per heavy atom. The van der Waals surface area contributed by atoms with Crippen LogP contribution in [-0.2, 0) is 125 Å². The van der Waals surface area contributed by atoms with Gasteiger partial charge in [0.2, 0.25) is 0 Å². The molecule has 4 aliphatic rings. The number of fused-ring (bicyclic) bond motifs is 4. The van der Waals surface area contributed by atoms with Crippen LogP contribution in [0.2, 0.25) is 0 Å². The number of para-hydroxylation sites is 1. The van der Waals surface area contributed by atoms with Crippen LogP contribution in [0.3, 0.4) is 0 Å². The number of ketones is 4. The Kier molecular flexibility index (Phi) is 56.8. The van der Waals surface area contributed by atoms with Crippen LogP contribution >= 0.6 is 0 Å². The van der Waals surface area contributed by atoms with Crippen LogP contribution in [0.25, 0.3) is 88.6 Å². The van der Waals surface area contributed by atoms with Gasteiger partial charge in [-0.1, -0.05) is 333 Å². The Bertz CT molecular complexity index is 5940. The van der Waals surface area contributed by atoms with E-state index in [0.717, 1.165) is 199 Å². The summed E-state index contributed by atoms with van der Waals surface area (Å²) in [6, 6.07) is 73.9. The summed E-state index contributed by atoms with van der Waals surface area (Å²) in [5, 5.41) is 43.2. The smallest absolute Gasteiger partial charge is 0.162 e. The van der Waals surface area contributed by atoms with Crippen LogP contribution in [0.1, 0.15) is 338 Å². The van der Waals surface area contributed by atoms with Gasteiger partial charge in [0, 0.05) is 162 Å². The molecule has 0 unspecified atom stereocenters. The van der Waals surface area contributed by atoms with Gasteiger partial charge < -0.3 is 20.4 Å². The summed E-state index contributed by atoms with van der Waals surface area (Å²) in [5.74, 6) is 2.45. The fraction of sp³-hybridized carbons (Fsp3) is 0.463. The summed E-state index contributed by atoms with van der Waals surface area (Å²) < 4.78 is 0. The molecule has 8 aromatic carbocycles. The third kappa shape index (κ3) is 44.0. The number of benzene rings is 8. The van der Waals surface area contributed by atoms with E-state index in [0.29, 0.717) is 11.5 Å². The third-order valence-electron chi connectivity index (χ3n) is 27.8. The SMILES string of the molecule is CC(=O)C=C(C)O.CCC(CC)C(=O)C=C(O)C(CC)CC.CCCc1cc(-c2[c-]c(C)cc(C)c2)nc2ccccc12.Cc1[c-]c(-c2ccc3c(CC(C)(C)C)cccc3n2)cc(C)c1.Cc1[c-]c(-c2ccc3c(CC(C)(C)C)cccc3n2)cc(C)c1.Cc1[c-]c(-c2ccc3c(CC(C)(C)C)cccc3n2)cc(C)c1.O=C(C=C(O)C1CCCCC1)C1CCCCC1.O=C(C=C(O)C1CCCCC1)C1CCCCC1.[Ir].[Ir].[Ir].[Ir]. The number of pyridine rings is 4. The monoisotopic (exact) mass is 2740 g/mol. The fourth-order valence-electron chi connectivity index (χ4n) is 20.7. The van der Waals surface area contributed by atoms with Gasteiger partial charge in [0.1, 0.15) is 0 Å². The first-order chi connectivity index (χ1) is 69.4. The largest absolute Gasteiger partial charge is 0.512 e. The summed E-state index contributed by atoms with van der Waals surface area (Å²) in [7, 11) is 0. The van der Waals surface area contributed by atoms with Gasteiger partial charge in [-0.15, -0.1) is 140 Å². The molecular weight excluding hydrogens is 2560 g/mol. The van der Waals surface area contributed by atoms with Gasteiger partial charge in [-0.05, 0) is 202 Å². The zero-order valence-electron chi connectivity index (χ0n) is 94.5. The molecule has 0 aliphatic heterocycles. The zero-order chi connectivity index (χ0) is 107. The number of hydrogen-bond donors (Lipinski definition) is 4. The van der Waals surface area contributed by atoms with Crippen LogP contribution in [-0.4, -0.2) is 63.5 Å². The predicted octanol–water partition coefficient (Wildman–Crippen LogP) is 36.2. The minimum atomic E-state index is -0.125. The van der Waals surface area contributed by atoms with Gasteiger partial charge in [-0.25, -0.2) is 0 Å². The molecule has 4 aromatic heterocycles. The molecule has 4 heterocycles. The molecule has 4 saturated carbocycles. The minimum absolute atomic E-state index is 0. The van der Waals surface area contributed by atoms with Crippen molar-refractivity contribution in [2.45, 2.75) is 352 Å². The minimum Gasteiger partial charge on any atom is -0.512 e. The second-order valence-corrected chi connectivity index (χ2v) is 45.4. The third-order valence-corrected chi connectivity index (χ3v) is 27.8. The van der Waals surface area contributed by atoms with E-state index in [4.69, 9.17) is 25.0 Å². The van der Waals surface area contributed by atoms with Crippen LogP contribution < -0.4 is 0 Å². The molecule has 12 nitrogen and oxygen atoms in total. The Labute approximate surface area is 955 Å². The molecule has 4 aliphatic carbocycles. The van der Waals surface area contributed by atoms with Gasteiger partial charge in [0.25, 0.3) is 0 Å². The van der Waals surface area contributed by atoms with E-state index in [-0.39, 0.29) is 167 Å². The second kappa shape index (κ2) is 64.9. The van der Waals surface area contributed by atoms with E-state index in [2.05, 4.69) is 319 Å². The molecule has 0 bridgehead atoms. The number of carbonyl (C=O) groups excluding carboxylic acids is 4. The molecule has 150 heavy (non-hydrogen) atoms. The van der Waals surface area contributed by atoms with E-state index in [1.807, 2.05) is 27.7 Å². The van der Waals surface area contributed by atoms with E-state index in [9.17, 15) is 34.5 Å². The topological polar surface area (TPSA) is 201 Å². The zero-order valence-corrected chi connectivity index (χ0v) is 104. The van der Waals surface area contributed by atoms with Crippen molar-refractivity contribution in [2.75, 3.05) is 0 Å². The number of nitrogens with zero attached hydrogens (tertiary/aromatic N) is 4. The van der Waals surface area contributed by atoms with Crippen molar-refractivity contribution in [3.63, 3.8) is 0 Å². The van der Waals surface area contributed by atoms with E-state index in [1.54, 1.807) is 12.2 Å². The molecule has 0 amide bonds. The van der Waals surface area contributed by atoms with Gasteiger partial charge in [0.15, 0.2) is 23.1 Å². The normalized spacial score (nSPS) is 14.4. The first-order valence-corrected chi connectivity index (χ1v) is 54.7. The van der Waals surface area contributed by atoms with Gasteiger partial charge >= 0.3 is 0 Å². The Morgan fingerprint density at radius 1 is 0.327 bits per heavy atom. The Morgan fingerprint density at radius 3 is 0.880 bits per heavy atom. The Balaban J connectivity index is 0.000000304. The predicted molar refractivity (Wildman–Crippen MR) is 614 cm³/mol. The van der Waals surface area contributed by atoms with E-state index >= 15 is 0 Å². The summed E-state index contributed by atoms with van der Waals surface area (Å²) in [6.07, 6.45) is 37.4. The van der Waals surface area contributed by atoms with Crippen LogP contribution in [0.15, 0.2) is 217 Å². The van der Waals surface area contributed by atoms with Gasteiger partial charge in [-0.2, -0.15) is 0 Å². The number of aliphatic hydroxyl groups excluding tert-OH is 4. The van der Waals surface area contributed by atoms with Crippen LogP contribution in [0.4, 0.5) is 0 Å². The summed E-state index contributed by atoms with van der Waals surface area (Å²) in [6.45, 7) is 50.4. The van der Waals surface area contributed by atoms with Crippen molar-refractivity contribution in [3.8, 4) is 45.0 Å². The summed E-state index contributed by atoms with van der Waals surface area (Å²) in [5.41, 5.74) is 28.6. The van der Waals surface area contributed by atoms with Crippen molar-refractivity contribution in [3.05, 3.63) is 308 Å². The molecule has 16 heteroatoms. The summed E-state index contributed by atoms with van der Waals surface area (Å²) in [4.78, 5) is 65.3. The molecule has 4 N–H and O–H groups in total. The quantitative estimate of drug-likeness (QED) is 0.0269. The number of hydrogen-bond acceptors (Lipinski definition) is 12. The molecule has 12 aromatic rings. The van der Waals surface area contributed by atoms with Crippen LogP contribution in [0.5, 0.6) is 0 Å². The molecule has 0 saturated heterocycles. The van der Waals surface area contributed by atoms with Crippen molar-refractivity contribution < 1.29 is 120 Å². The number of aliphatic hydroxyl groups is 4. The van der Waals surface area contributed by atoms with Crippen molar-refractivity contribution >= 4 is 66.7 Å². The van der Waals surface area contributed by atoms with Crippen molar-refractivity contribution in [1.82, 2.24) is 19.9 Å². The van der Waals surface area contributed by atoms with E-state index < -0.39 is 0 Å². The molecule has 816 valence electrons.